The number of nitrogens with zero attached hydrogens (tertiary/aromatic N) is 5. The third kappa shape index (κ3) is 5.33. The molecular weight excluding hydrogens is 480 g/mol. The Balaban J connectivity index is 1.45. The van der Waals surface area contributed by atoms with Gasteiger partial charge in [0.15, 0.2) is 0 Å². The number of aliphatic imine (C=N–C) groups is 1. The van der Waals surface area contributed by atoms with Crippen molar-refractivity contribution in [1.29, 1.82) is 0 Å². The van der Waals surface area contributed by atoms with Gasteiger partial charge in [-0.05, 0) is 42.5 Å². The van der Waals surface area contributed by atoms with Gasteiger partial charge < -0.3 is 0 Å². The summed E-state index contributed by atoms with van der Waals surface area (Å²) in [6, 6.07) is 4.29. The maximum absolute atomic E-state index is 13.3. The van der Waals surface area contributed by atoms with Crippen molar-refractivity contribution in [3.63, 3.8) is 0 Å². The molecule has 0 radical (unpaired) electrons. The van der Waals surface area contributed by atoms with Crippen molar-refractivity contribution in [3.05, 3.63) is 79.0 Å². The first-order valence-corrected chi connectivity index (χ1v) is 12.2. The van der Waals surface area contributed by atoms with E-state index in [2.05, 4.69) is 17.0 Å². The number of unbranched alkanes of at least 4 members (excludes halogenated alkanes) is 2. The van der Waals surface area contributed by atoms with Gasteiger partial charge >= 0.3 is 5.69 Å². The molecule has 1 aromatic carbocycles. The molecule has 34 heavy (non-hydrogen) atoms. The van der Waals surface area contributed by atoms with Gasteiger partial charge in [0.1, 0.15) is 16.8 Å². The number of hydrogen-bond acceptors (Lipinski definition) is 4. The summed E-state index contributed by atoms with van der Waals surface area (Å²) in [7, 11) is 0. The molecule has 0 atom stereocenters. The van der Waals surface area contributed by atoms with E-state index in [0.29, 0.717) is 54.1 Å². The molecule has 0 saturated carbocycles. The fourth-order valence-corrected chi connectivity index (χ4v) is 4.57. The highest BCUT2D eigenvalue weighted by atomic mass is 35.5. The number of hydrogen-bond donors (Lipinski definition) is 0. The van der Waals surface area contributed by atoms with E-state index in [-0.39, 0.29) is 23.5 Å². The van der Waals surface area contributed by atoms with Gasteiger partial charge in [-0.25, -0.2) is 14.2 Å². The number of rotatable bonds is 10. The van der Waals surface area contributed by atoms with E-state index in [1.807, 2.05) is 6.20 Å². The van der Waals surface area contributed by atoms with E-state index in [0.717, 1.165) is 30.4 Å². The zero-order valence-corrected chi connectivity index (χ0v) is 20.4. The van der Waals surface area contributed by atoms with E-state index in [9.17, 15) is 14.0 Å². The van der Waals surface area contributed by atoms with Crippen molar-refractivity contribution in [2.75, 3.05) is 0 Å². The Morgan fingerprint density at radius 3 is 2.65 bits per heavy atom. The minimum atomic E-state index is -0.380. The minimum Gasteiger partial charge on any atom is -0.278 e. The highest BCUT2D eigenvalue weighted by molar-refractivity contribution is 6.66. The summed E-state index contributed by atoms with van der Waals surface area (Å²) in [5.74, 6) is 0.0306. The summed E-state index contributed by atoms with van der Waals surface area (Å²) in [5.41, 5.74) is 1.59. The standard InChI is InChI=1S/C24H26Cl2FN5O2/c1-2-3-4-9-31-22-19(12-21(26)29-22)23(33)32(24(31)34)10-5-6-16-13-28-30(14-16)15-17-7-8-18(27)11-20(17)25/h7-8,11,13-14H,2-6,9-10,12,15H2,1H3. The largest absolute Gasteiger partial charge is 0.332 e. The monoisotopic (exact) mass is 505 g/mol. The molecular formula is C24H26Cl2FN5O2. The van der Waals surface area contributed by atoms with Gasteiger partial charge in [-0.1, -0.05) is 49.0 Å². The van der Waals surface area contributed by atoms with Crippen LogP contribution in [0.1, 0.15) is 49.3 Å². The van der Waals surface area contributed by atoms with Crippen molar-refractivity contribution >= 4 is 34.2 Å². The Hall–Kier alpha value is -2.71. The lowest BCUT2D eigenvalue weighted by Gasteiger charge is -2.14. The Kier molecular flexibility index (Phi) is 7.68. The predicted molar refractivity (Wildman–Crippen MR) is 132 cm³/mol. The average Bonchev–Trinajstić information content (AvgIpc) is 3.41. The van der Waals surface area contributed by atoms with Crippen LogP contribution in [-0.4, -0.2) is 24.1 Å². The summed E-state index contributed by atoms with van der Waals surface area (Å²) < 4.78 is 17.9. The summed E-state index contributed by atoms with van der Waals surface area (Å²) in [5, 5.41) is 5.04. The van der Waals surface area contributed by atoms with Crippen LogP contribution in [-0.2, 0) is 32.5 Å². The number of aromatic nitrogens is 4. The molecule has 0 fully saturated rings. The minimum absolute atomic E-state index is 0.266. The molecule has 0 saturated heterocycles. The van der Waals surface area contributed by atoms with E-state index < -0.39 is 0 Å². The summed E-state index contributed by atoms with van der Waals surface area (Å²) >= 11 is 12.2. The summed E-state index contributed by atoms with van der Waals surface area (Å²) in [6.45, 7) is 3.33. The maximum atomic E-state index is 13.3. The van der Waals surface area contributed by atoms with Crippen LogP contribution >= 0.6 is 23.2 Å². The first-order chi connectivity index (χ1) is 16.4. The highest BCUT2D eigenvalue weighted by Gasteiger charge is 2.24. The van der Waals surface area contributed by atoms with Gasteiger partial charge in [0.05, 0.1) is 18.3 Å². The van der Waals surface area contributed by atoms with Crippen LogP contribution in [0.5, 0.6) is 0 Å². The van der Waals surface area contributed by atoms with Crippen molar-refractivity contribution in [1.82, 2.24) is 18.9 Å². The number of aryl methyl sites for hydroxylation is 1. The molecule has 0 amide bonds. The van der Waals surface area contributed by atoms with Crippen molar-refractivity contribution in [2.45, 2.75) is 65.1 Å². The molecule has 0 unspecified atom stereocenters. The van der Waals surface area contributed by atoms with Crippen molar-refractivity contribution in [2.24, 2.45) is 4.99 Å². The molecule has 10 heteroatoms. The Morgan fingerprint density at radius 2 is 1.88 bits per heavy atom. The Bertz CT molecular complexity index is 1340. The molecule has 1 aliphatic rings. The highest BCUT2D eigenvalue weighted by Crippen LogP contribution is 2.24. The van der Waals surface area contributed by atoms with Crippen LogP contribution < -0.4 is 11.2 Å². The van der Waals surface area contributed by atoms with Gasteiger partial charge in [-0.3, -0.25) is 18.6 Å². The maximum Gasteiger partial charge on any atom is 0.332 e. The second-order valence-corrected chi connectivity index (χ2v) is 9.29. The Labute approximate surface area is 206 Å². The summed E-state index contributed by atoms with van der Waals surface area (Å²) in [4.78, 5) is 30.4. The van der Waals surface area contributed by atoms with Crippen LogP contribution in [0, 0.1) is 5.82 Å². The lowest BCUT2D eigenvalue weighted by Crippen LogP contribution is -2.41. The normalized spacial score (nSPS) is 12.8. The van der Waals surface area contributed by atoms with Gasteiger partial charge in [0.2, 0.25) is 0 Å². The summed E-state index contributed by atoms with van der Waals surface area (Å²) in [6.07, 6.45) is 8.01. The molecule has 0 N–H and O–H groups in total. The van der Waals surface area contributed by atoms with E-state index in [1.165, 1.54) is 16.7 Å². The lowest BCUT2D eigenvalue weighted by atomic mass is 10.2. The first-order valence-electron chi connectivity index (χ1n) is 11.4. The van der Waals surface area contributed by atoms with Crippen LogP contribution in [0.4, 0.5) is 10.2 Å². The number of fused-ring (bicyclic) bond motifs is 1. The van der Waals surface area contributed by atoms with Crippen LogP contribution in [0.15, 0.2) is 45.2 Å². The number of benzene rings is 1. The van der Waals surface area contributed by atoms with E-state index in [4.69, 9.17) is 23.2 Å². The SMILES string of the molecule is CCCCCn1c2c(c(=O)n(CCCc3cnn(Cc4ccc(F)cc4Cl)c3)c1=O)CC(Cl)=N2. The molecule has 2 aromatic heterocycles. The topological polar surface area (TPSA) is 74.2 Å². The van der Waals surface area contributed by atoms with Crippen LogP contribution in [0.2, 0.25) is 5.02 Å². The molecule has 0 bridgehead atoms. The lowest BCUT2D eigenvalue weighted by molar-refractivity contribution is 0.513. The van der Waals surface area contributed by atoms with Gasteiger partial charge in [-0.2, -0.15) is 5.10 Å². The van der Waals surface area contributed by atoms with Crippen LogP contribution in [0.25, 0.3) is 0 Å². The molecule has 4 rings (SSSR count). The third-order valence-corrected chi connectivity index (χ3v) is 6.48. The van der Waals surface area contributed by atoms with Gasteiger partial charge in [0, 0.05) is 30.7 Å². The second kappa shape index (κ2) is 10.7. The first kappa shape index (κ1) is 24.4. The zero-order valence-electron chi connectivity index (χ0n) is 18.9. The molecule has 3 aromatic rings. The third-order valence-electron chi connectivity index (χ3n) is 5.91. The number of halogens is 3. The van der Waals surface area contributed by atoms with E-state index >= 15 is 0 Å². The Morgan fingerprint density at radius 1 is 1.09 bits per heavy atom. The van der Waals surface area contributed by atoms with E-state index in [1.54, 1.807) is 21.5 Å². The quantitative estimate of drug-likeness (QED) is 0.375. The molecule has 3 heterocycles. The fraction of sp³-hybridized carbons (Fsp3) is 0.417. The smallest absolute Gasteiger partial charge is 0.278 e. The molecule has 1 aliphatic heterocycles. The molecule has 180 valence electrons. The predicted octanol–water partition coefficient (Wildman–Crippen LogP) is 4.70. The second-order valence-electron chi connectivity index (χ2n) is 8.45. The van der Waals surface area contributed by atoms with Crippen LogP contribution in [0.3, 0.4) is 0 Å². The zero-order chi connectivity index (χ0) is 24.2. The average molecular weight is 506 g/mol. The van der Waals surface area contributed by atoms with Gasteiger partial charge in [-0.15, -0.1) is 0 Å². The van der Waals surface area contributed by atoms with Gasteiger partial charge in [0.25, 0.3) is 5.56 Å². The molecule has 0 spiro atoms. The van der Waals surface area contributed by atoms with Crippen molar-refractivity contribution < 1.29 is 4.39 Å². The van der Waals surface area contributed by atoms with Crippen molar-refractivity contribution in [3.8, 4) is 0 Å². The molecule has 0 aliphatic carbocycles. The molecule has 7 nitrogen and oxygen atoms in total. The fourth-order valence-electron chi connectivity index (χ4n) is 4.13.